The first-order valence-electron chi connectivity index (χ1n) is 11.4. The van der Waals surface area contributed by atoms with Gasteiger partial charge in [0.2, 0.25) is 0 Å². The molecule has 3 rings (SSSR count). The Morgan fingerprint density at radius 3 is 2.31 bits per heavy atom. The number of nitrogens with zero attached hydrogens (tertiary/aromatic N) is 2. The average molecular weight is 439 g/mol. The molecule has 0 atom stereocenters. The molecule has 1 aliphatic rings. The number of rotatable bonds is 10. The van der Waals surface area contributed by atoms with Gasteiger partial charge in [0.1, 0.15) is 5.75 Å². The van der Waals surface area contributed by atoms with E-state index in [9.17, 15) is 9.59 Å². The molecule has 2 aromatic rings. The smallest absolute Gasteiger partial charge is 0.255 e. The molecule has 0 radical (unpaired) electrons. The van der Waals surface area contributed by atoms with E-state index in [-0.39, 0.29) is 11.8 Å². The second-order valence-electron chi connectivity index (χ2n) is 7.89. The lowest BCUT2D eigenvalue weighted by molar-refractivity contribution is 0.0948. The van der Waals surface area contributed by atoms with Crippen molar-refractivity contribution in [2.75, 3.05) is 56.6 Å². The molecule has 2 N–H and O–H groups in total. The molecule has 0 unspecified atom stereocenters. The summed E-state index contributed by atoms with van der Waals surface area (Å²) in [5.74, 6) is 0.356. The maximum atomic E-state index is 13.1. The van der Waals surface area contributed by atoms with Gasteiger partial charge in [-0.1, -0.05) is 13.8 Å². The molecule has 0 aromatic heterocycles. The third-order valence-electron chi connectivity index (χ3n) is 5.91. The summed E-state index contributed by atoms with van der Waals surface area (Å²) in [5, 5.41) is 5.97. The van der Waals surface area contributed by atoms with Crippen LogP contribution in [-0.2, 0) is 0 Å². The largest absolute Gasteiger partial charge is 0.497 e. The number of carbonyl (C=O) groups is 2. The monoisotopic (exact) mass is 438 g/mol. The van der Waals surface area contributed by atoms with Crippen molar-refractivity contribution in [1.82, 2.24) is 10.2 Å². The van der Waals surface area contributed by atoms with Gasteiger partial charge in [-0.3, -0.25) is 9.59 Å². The molecule has 1 saturated heterocycles. The zero-order valence-corrected chi connectivity index (χ0v) is 19.3. The predicted molar refractivity (Wildman–Crippen MR) is 129 cm³/mol. The van der Waals surface area contributed by atoms with Gasteiger partial charge in [-0.15, -0.1) is 0 Å². The van der Waals surface area contributed by atoms with Gasteiger partial charge in [0.25, 0.3) is 11.8 Å². The Bertz CT molecular complexity index is 904. The summed E-state index contributed by atoms with van der Waals surface area (Å²) in [5.41, 5.74) is 2.64. The minimum absolute atomic E-state index is 0.111. The molecule has 0 spiro atoms. The van der Waals surface area contributed by atoms with Crippen LogP contribution >= 0.6 is 0 Å². The Kier molecular flexibility index (Phi) is 8.50. The van der Waals surface area contributed by atoms with Gasteiger partial charge < -0.3 is 25.2 Å². The number of benzene rings is 2. The summed E-state index contributed by atoms with van der Waals surface area (Å²) < 4.78 is 5.15. The van der Waals surface area contributed by atoms with Crippen LogP contribution in [0, 0.1) is 0 Å². The lowest BCUT2D eigenvalue weighted by Crippen LogP contribution is -2.35. The lowest BCUT2D eigenvalue weighted by Gasteiger charge is -2.23. The minimum atomic E-state index is -0.227. The summed E-state index contributed by atoms with van der Waals surface area (Å²) in [6.07, 6.45) is 2.25. The number of likely N-dealkylation sites (N-methyl/N-ethyl adjacent to an activating group) is 1. The molecule has 1 fully saturated rings. The van der Waals surface area contributed by atoms with Crippen LogP contribution in [0.5, 0.6) is 5.75 Å². The van der Waals surface area contributed by atoms with Crippen LogP contribution in [0.1, 0.15) is 47.4 Å². The summed E-state index contributed by atoms with van der Waals surface area (Å²) in [6, 6.07) is 12.5. The Morgan fingerprint density at radius 2 is 1.69 bits per heavy atom. The molecule has 0 bridgehead atoms. The highest BCUT2D eigenvalue weighted by molar-refractivity contribution is 6.06. The van der Waals surface area contributed by atoms with Crippen LogP contribution in [0.4, 0.5) is 11.4 Å². The highest BCUT2D eigenvalue weighted by Gasteiger charge is 2.20. The van der Waals surface area contributed by atoms with Crippen molar-refractivity contribution >= 4 is 23.2 Å². The van der Waals surface area contributed by atoms with E-state index >= 15 is 0 Å². The number of amides is 2. The molecule has 0 aliphatic carbocycles. The topological polar surface area (TPSA) is 73.9 Å². The van der Waals surface area contributed by atoms with Crippen molar-refractivity contribution in [2.24, 2.45) is 0 Å². The molecule has 0 saturated carbocycles. The van der Waals surface area contributed by atoms with E-state index in [1.807, 2.05) is 12.1 Å². The van der Waals surface area contributed by atoms with Gasteiger partial charge in [-0.05, 0) is 68.4 Å². The molecular formula is C25H34N4O3. The van der Waals surface area contributed by atoms with E-state index in [0.717, 1.165) is 51.3 Å². The van der Waals surface area contributed by atoms with Crippen molar-refractivity contribution in [3.63, 3.8) is 0 Å². The third kappa shape index (κ3) is 6.01. The minimum Gasteiger partial charge on any atom is -0.497 e. The molecule has 1 aliphatic heterocycles. The van der Waals surface area contributed by atoms with Crippen molar-refractivity contribution < 1.29 is 14.3 Å². The zero-order chi connectivity index (χ0) is 22.9. The van der Waals surface area contributed by atoms with Gasteiger partial charge in [-0.25, -0.2) is 0 Å². The van der Waals surface area contributed by atoms with Crippen LogP contribution in [0.2, 0.25) is 0 Å². The van der Waals surface area contributed by atoms with Gasteiger partial charge in [-0.2, -0.15) is 0 Å². The number of ether oxygens (including phenoxy) is 1. The highest BCUT2D eigenvalue weighted by Crippen LogP contribution is 2.28. The molecule has 7 nitrogen and oxygen atoms in total. The maximum absolute atomic E-state index is 13.1. The molecule has 2 amide bonds. The van der Waals surface area contributed by atoms with Crippen LogP contribution < -0.4 is 20.3 Å². The predicted octanol–water partition coefficient (Wildman–Crippen LogP) is 3.62. The number of methoxy groups -OCH3 is 1. The Morgan fingerprint density at radius 1 is 1.00 bits per heavy atom. The Labute approximate surface area is 190 Å². The number of nitrogens with one attached hydrogen (secondary N) is 2. The highest BCUT2D eigenvalue weighted by atomic mass is 16.5. The van der Waals surface area contributed by atoms with Crippen LogP contribution in [-0.4, -0.2) is 63.1 Å². The fraction of sp³-hybridized carbons (Fsp3) is 0.440. The number of carbonyl (C=O) groups excluding carboxylic acids is 2. The number of hydrogen-bond acceptors (Lipinski definition) is 5. The number of anilines is 2. The van der Waals surface area contributed by atoms with E-state index in [2.05, 4.69) is 34.3 Å². The molecule has 1 heterocycles. The van der Waals surface area contributed by atoms with Gasteiger partial charge in [0.15, 0.2) is 0 Å². The quantitative estimate of drug-likeness (QED) is 0.593. The lowest BCUT2D eigenvalue weighted by atomic mass is 10.1. The molecule has 172 valence electrons. The Balaban J connectivity index is 1.76. The first-order chi connectivity index (χ1) is 15.5. The van der Waals surface area contributed by atoms with Crippen molar-refractivity contribution in [2.45, 2.75) is 26.7 Å². The second kappa shape index (κ2) is 11.5. The van der Waals surface area contributed by atoms with Gasteiger partial charge >= 0.3 is 0 Å². The van der Waals surface area contributed by atoms with E-state index in [4.69, 9.17) is 4.74 Å². The standard InChI is InChI=1S/C25H34N4O3/c1-4-28(5-2)17-14-26-25(31)22-18-20(10-13-23(22)29-15-6-7-16-29)27-24(30)19-8-11-21(32-3)12-9-19/h8-13,18H,4-7,14-17H2,1-3H3,(H,26,31)(H,27,30). The van der Waals surface area contributed by atoms with E-state index < -0.39 is 0 Å². The first-order valence-corrected chi connectivity index (χ1v) is 11.4. The third-order valence-corrected chi connectivity index (χ3v) is 5.91. The summed E-state index contributed by atoms with van der Waals surface area (Å²) in [7, 11) is 1.59. The Hall–Kier alpha value is -3.06. The van der Waals surface area contributed by atoms with Gasteiger partial charge in [0.05, 0.1) is 12.7 Å². The average Bonchev–Trinajstić information content (AvgIpc) is 3.36. The van der Waals surface area contributed by atoms with E-state index in [1.165, 1.54) is 0 Å². The molecular weight excluding hydrogens is 404 g/mol. The van der Waals surface area contributed by atoms with Crippen molar-refractivity contribution in [1.29, 1.82) is 0 Å². The fourth-order valence-electron chi connectivity index (χ4n) is 3.94. The van der Waals surface area contributed by atoms with E-state index in [1.54, 1.807) is 37.4 Å². The van der Waals surface area contributed by atoms with Crippen molar-refractivity contribution in [3.05, 3.63) is 53.6 Å². The van der Waals surface area contributed by atoms with Crippen molar-refractivity contribution in [3.8, 4) is 5.75 Å². The maximum Gasteiger partial charge on any atom is 0.255 e. The van der Waals surface area contributed by atoms with Crippen LogP contribution in [0.3, 0.4) is 0 Å². The molecule has 2 aromatic carbocycles. The SMILES string of the molecule is CCN(CC)CCNC(=O)c1cc(NC(=O)c2ccc(OC)cc2)ccc1N1CCCC1. The summed E-state index contributed by atoms with van der Waals surface area (Å²) in [4.78, 5) is 30.3. The van der Waals surface area contributed by atoms with Crippen LogP contribution in [0.15, 0.2) is 42.5 Å². The van der Waals surface area contributed by atoms with Gasteiger partial charge in [0, 0.05) is 43.1 Å². The normalized spacial score (nSPS) is 13.3. The fourth-order valence-corrected chi connectivity index (χ4v) is 3.94. The van der Waals surface area contributed by atoms with Crippen LogP contribution in [0.25, 0.3) is 0 Å². The molecule has 7 heteroatoms. The second-order valence-corrected chi connectivity index (χ2v) is 7.89. The zero-order valence-electron chi connectivity index (χ0n) is 19.3. The summed E-state index contributed by atoms with van der Waals surface area (Å²) >= 11 is 0. The van der Waals surface area contributed by atoms with E-state index in [0.29, 0.717) is 29.1 Å². The summed E-state index contributed by atoms with van der Waals surface area (Å²) in [6.45, 7) is 9.43. The first kappa shape index (κ1) is 23.6. The molecule has 32 heavy (non-hydrogen) atoms. The number of hydrogen-bond donors (Lipinski definition) is 2.